The Labute approximate surface area is 118 Å². The van der Waals surface area contributed by atoms with Crippen molar-refractivity contribution in [2.75, 3.05) is 29.5 Å². The van der Waals surface area contributed by atoms with Crippen LogP contribution in [0.2, 0.25) is 5.02 Å². The topological polar surface area (TPSA) is 110 Å². The van der Waals surface area contributed by atoms with Gasteiger partial charge < -0.3 is 10.6 Å². The number of sulfonamides is 1. The predicted octanol–water partition coefficient (Wildman–Crippen LogP) is 1.04. The maximum Gasteiger partial charge on any atom is 0.224 e. The van der Waals surface area contributed by atoms with Gasteiger partial charge in [0.1, 0.15) is 10.8 Å². The van der Waals surface area contributed by atoms with E-state index >= 15 is 0 Å². The Hall–Kier alpha value is -1.12. The molecule has 0 saturated carbocycles. The molecule has 0 aliphatic rings. The molecule has 1 aromatic heterocycles. The molecule has 4 N–H and O–H groups in total. The summed E-state index contributed by atoms with van der Waals surface area (Å²) in [5, 5.41) is 11.3. The lowest BCUT2D eigenvalue weighted by atomic mass is 10.4. The Bertz CT molecular complexity index is 509. The zero-order valence-corrected chi connectivity index (χ0v) is 12.3. The van der Waals surface area contributed by atoms with Gasteiger partial charge in [-0.25, -0.2) is 18.5 Å². The van der Waals surface area contributed by atoms with E-state index < -0.39 is 10.0 Å². The first-order valence-corrected chi connectivity index (χ1v) is 8.02. The Morgan fingerprint density at radius 1 is 1.37 bits per heavy atom. The lowest BCUT2D eigenvalue weighted by molar-refractivity contribution is 0.595. The molecular weight excluding hydrogens is 290 g/mol. The average molecular weight is 308 g/mol. The third-order valence-corrected chi connectivity index (χ3v) is 3.31. The molecule has 1 rings (SSSR count). The molecule has 0 unspecified atom stereocenters. The Balaban J connectivity index is 2.52. The molecule has 0 amide bonds. The van der Waals surface area contributed by atoms with E-state index in [-0.39, 0.29) is 5.75 Å². The number of nitrogens with one attached hydrogen (secondary N) is 2. The van der Waals surface area contributed by atoms with Crippen LogP contribution in [-0.2, 0) is 10.0 Å². The molecule has 0 atom stereocenters. The maximum absolute atomic E-state index is 10.8. The minimum Gasteiger partial charge on any atom is -0.369 e. The largest absolute Gasteiger partial charge is 0.369 e. The molecule has 0 saturated heterocycles. The molecule has 1 aromatic rings. The number of rotatable bonds is 8. The second-order valence-electron chi connectivity index (χ2n) is 3.96. The van der Waals surface area contributed by atoms with Crippen LogP contribution >= 0.6 is 11.6 Å². The minimum absolute atomic E-state index is 0.0797. The van der Waals surface area contributed by atoms with Crippen molar-refractivity contribution < 1.29 is 8.42 Å². The quantitative estimate of drug-likeness (QED) is 0.619. The fourth-order valence-corrected chi connectivity index (χ4v) is 2.00. The Kier molecular flexibility index (Phi) is 6.26. The normalized spacial score (nSPS) is 11.3. The van der Waals surface area contributed by atoms with E-state index in [1.807, 2.05) is 6.92 Å². The maximum atomic E-state index is 10.8. The Morgan fingerprint density at radius 3 is 2.74 bits per heavy atom. The van der Waals surface area contributed by atoms with Gasteiger partial charge >= 0.3 is 0 Å². The van der Waals surface area contributed by atoms with Gasteiger partial charge in [-0.3, -0.25) is 0 Å². The highest BCUT2D eigenvalue weighted by molar-refractivity contribution is 7.89. The molecule has 0 fully saturated rings. The molecule has 0 spiro atoms. The SMILES string of the molecule is CCCNc1ncc(Cl)c(NCCCS(N)(=O)=O)n1. The van der Waals surface area contributed by atoms with Crippen molar-refractivity contribution in [1.82, 2.24) is 9.97 Å². The summed E-state index contributed by atoms with van der Waals surface area (Å²) < 4.78 is 21.5. The number of hydrogen-bond donors (Lipinski definition) is 3. The van der Waals surface area contributed by atoms with Crippen molar-refractivity contribution in [2.45, 2.75) is 19.8 Å². The van der Waals surface area contributed by atoms with E-state index in [0.717, 1.165) is 13.0 Å². The van der Waals surface area contributed by atoms with Gasteiger partial charge in [-0.2, -0.15) is 4.98 Å². The highest BCUT2D eigenvalue weighted by atomic mass is 35.5. The Morgan fingerprint density at radius 2 is 2.11 bits per heavy atom. The number of primary sulfonamides is 1. The van der Waals surface area contributed by atoms with Crippen molar-refractivity contribution in [3.63, 3.8) is 0 Å². The highest BCUT2D eigenvalue weighted by Gasteiger charge is 2.06. The molecule has 0 aliphatic carbocycles. The van der Waals surface area contributed by atoms with E-state index in [9.17, 15) is 8.42 Å². The molecule has 0 radical (unpaired) electrons. The molecule has 9 heteroatoms. The lowest BCUT2D eigenvalue weighted by Gasteiger charge is -2.09. The molecule has 7 nitrogen and oxygen atoms in total. The summed E-state index contributed by atoms with van der Waals surface area (Å²) in [4.78, 5) is 8.23. The monoisotopic (exact) mass is 307 g/mol. The average Bonchev–Trinajstić information content (AvgIpc) is 2.33. The molecule has 108 valence electrons. The van der Waals surface area contributed by atoms with Crippen molar-refractivity contribution in [2.24, 2.45) is 5.14 Å². The van der Waals surface area contributed by atoms with Crippen LogP contribution in [-0.4, -0.2) is 37.2 Å². The number of halogens is 1. The molecule has 19 heavy (non-hydrogen) atoms. The first-order chi connectivity index (χ1) is 8.92. The number of aromatic nitrogens is 2. The molecular formula is C10H18ClN5O2S. The number of hydrogen-bond acceptors (Lipinski definition) is 6. The standard InChI is InChI=1S/C10H18ClN5O2S/c1-2-4-14-10-15-7-8(11)9(16-10)13-5-3-6-19(12,17)18/h7H,2-6H2,1H3,(H2,12,17,18)(H2,13,14,15,16). The van der Waals surface area contributed by atoms with Crippen LogP contribution in [0, 0.1) is 0 Å². The van der Waals surface area contributed by atoms with E-state index in [1.54, 1.807) is 0 Å². The summed E-state index contributed by atoms with van der Waals surface area (Å²) >= 11 is 5.94. The molecule has 0 aliphatic heterocycles. The van der Waals surface area contributed by atoms with Gasteiger partial charge in [0.2, 0.25) is 16.0 Å². The molecule has 1 heterocycles. The summed E-state index contributed by atoms with van der Waals surface area (Å²) in [7, 11) is -3.43. The molecule has 0 aromatic carbocycles. The van der Waals surface area contributed by atoms with Crippen LogP contribution in [0.3, 0.4) is 0 Å². The van der Waals surface area contributed by atoms with Crippen molar-refractivity contribution in [3.05, 3.63) is 11.2 Å². The lowest BCUT2D eigenvalue weighted by Crippen LogP contribution is -2.19. The predicted molar refractivity (Wildman–Crippen MR) is 76.9 cm³/mol. The highest BCUT2D eigenvalue weighted by Crippen LogP contribution is 2.19. The van der Waals surface area contributed by atoms with E-state index in [1.165, 1.54) is 6.20 Å². The van der Waals surface area contributed by atoms with E-state index in [2.05, 4.69) is 20.6 Å². The third-order valence-electron chi connectivity index (χ3n) is 2.18. The van der Waals surface area contributed by atoms with Crippen LogP contribution in [0.15, 0.2) is 6.20 Å². The van der Waals surface area contributed by atoms with Crippen LogP contribution in [0.5, 0.6) is 0 Å². The van der Waals surface area contributed by atoms with Crippen molar-refractivity contribution in [3.8, 4) is 0 Å². The number of nitrogens with zero attached hydrogens (tertiary/aromatic N) is 2. The molecule has 0 bridgehead atoms. The first kappa shape index (κ1) is 15.9. The van der Waals surface area contributed by atoms with Gasteiger partial charge in [-0.15, -0.1) is 0 Å². The zero-order chi connectivity index (χ0) is 14.3. The fourth-order valence-electron chi connectivity index (χ4n) is 1.29. The minimum atomic E-state index is -3.43. The van der Waals surface area contributed by atoms with Gasteiger partial charge in [-0.1, -0.05) is 18.5 Å². The van der Waals surface area contributed by atoms with Crippen molar-refractivity contribution >= 4 is 33.4 Å². The van der Waals surface area contributed by atoms with E-state index in [0.29, 0.717) is 29.8 Å². The number of nitrogens with two attached hydrogens (primary N) is 1. The first-order valence-electron chi connectivity index (χ1n) is 5.93. The summed E-state index contributed by atoms with van der Waals surface area (Å²) in [6, 6.07) is 0. The van der Waals surface area contributed by atoms with Crippen LogP contribution in [0.25, 0.3) is 0 Å². The zero-order valence-electron chi connectivity index (χ0n) is 10.7. The smallest absolute Gasteiger partial charge is 0.224 e. The van der Waals surface area contributed by atoms with E-state index in [4.69, 9.17) is 16.7 Å². The summed E-state index contributed by atoms with van der Waals surface area (Å²) in [5.74, 6) is 0.883. The second kappa shape index (κ2) is 7.46. The summed E-state index contributed by atoms with van der Waals surface area (Å²) in [5.41, 5.74) is 0. The van der Waals surface area contributed by atoms with Gasteiger partial charge in [-0.05, 0) is 12.8 Å². The summed E-state index contributed by atoms with van der Waals surface area (Å²) in [6.07, 6.45) is 2.84. The van der Waals surface area contributed by atoms with Gasteiger partial charge in [0.25, 0.3) is 0 Å². The van der Waals surface area contributed by atoms with Crippen LogP contribution in [0.1, 0.15) is 19.8 Å². The summed E-state index contributed by atoms with van der Waals surface area (Å²) in [6.45, 7) is 3.22. The number of anilines is 2. The van der Waals surface area contributed by atoms with Crippen LogP contribution < -0.4 is 15.8 Å². The van der Waals surface area contributed by atoms with Gasteiger partial charge in [0.05, 0.1) is 11.9 Å². The van der Waals surface area contributed by atoms with Crippen LogP contribution in [0.4, 0.5) is 11.8 Å². The van der Waals surface area contributed by atoms with Crippen molar-refractivity contribution in [1.29, 1.82) is 0 Å². The third kappa shape index (κ3) is 6.55. The van der Waals surface area contributed by atoms with Gasteiger partial charge in [0, 0.05) is 13.1 Å². The fraction of sp³-hybridized carbons (Fsp3) is 0.600. The van der Waals surface area contributed by atoms with Gasteiger partial charge in [0.15, 0.2) is 0 Å². The second-order valence-corrected chi connectivity index (χ2v) is 6.11.